The van der Waals surface area contributed by atoms with Gasteiger partial charge in [-0.1, -0.05) is 24.3 Å². The molecule has 1 aromatic carbocycles. The SMILES string of the molecule is CC(C)OC(=O)[C@@H]1CC=CC[C@H]1C(=O)Nc1ccc(C(=O)[O-])cc1. The first-order valence-electron chi connectivity index (χ1n) is 7.86. The molecule has 0 heterocycles. The van der Waals surface area contributed by atoms with Gasteiger partial charge in [0.05, 0.1) is 23.9 Å². The van der Waals surface area contributed by atoms with Crippen LogP contribution in [0.15, 0.2) is 36.4 Å². The third-order valence-corrected chi connectivity index (χ3v) is 3.81. The van der Waals surface area contributed by atoms with Crippen molar-refractivity contribution >= 4 is 23.5 Å². The average Bonchev–Trinajstić information content (AvgIpc) is 2.54. The van der Waals surface area contributed by atoms with Gasteiger partial charge in [-0.2, -0.15) is 0 Å². The molecule has 128 valence electrons. The molecule has 0 bridgehead atoms. The van der Waals surface area contributed by atoms with Crippen LogP contribution in [-0.4, -0.2) is 23.9 Å². The Bertz CT molecular complexity index is 648. The molecule has 1 aliphatic carbocycles. The summed E-state index contributed by atoms with van der Waals surface area (Å²) in [4.78, 5) is 35.4. The Morgan fingerprint density at radius 3 is 2.21 bits per heavy atom. The molecule has 0 radical (unpaired) electrons. The summed E-state index contributed by atoms with van der Waals surface area (Å²) in [5, 5.41) is 13.5. The van der Waals surface area contributed by atoms with Gasteiger partial charge in [0.2, 0.25) is 5.91 Å². The summed E-state index contributed by atoms with van der Waals surface area (Å²) < 4.78 is 5.24. The van der Waals surface area contributed by atoms with Crippen molar-refractivity contribution in [1.29, 1.82) is 0 Å². The first kappa shape index (κ1) is 17.7. The number of rotatable bonds is 5. The maximum absolute atomic E-state index is 12.5. The second-order valence-corrected chi connectivity index (χ2v) is 6.00. The van der Waals surface area contributed by atoms with Crippen LogP contribution in [-0.2, 0) is 14.3 Å². The van der Waals surface area contributed by atoms with Gasteiger partial charge >= 0.3 is 5.97 Å². The standard InChI is InChI=1S/C18H21NO5/c1-11(2)24-18(23)15-6-4-3-5-14(15)16(20)19-13-9-7-12(8-10-13)17(21)22/h3-4,7-11,14-15H,5-6H2,1-2H3,(H,19,20)(H,21,22)/p-1/t14-,15-/m1/s1. The van der Waals surface area contributed by atoms with Gasteiger partial charge < -0.3 is 20.0 Å². The zero-order valence-electron chi connectivity index (χ0n) is 13.7. The van der Waals surface area contributed by atoms with E-state index in [0.29, 0.717) is 18.5 Å². The fraction of sp³-hybridized carbons (Fsp3) is 0.389. The van der Waals surface area contributed by atoms with Crippen molar-refractivity contribution in [2.75, 3.05) is 5.32 Å². The fourth-order valence-corrected chi connectivity index (χ4v) is 2.61. The Kier molecular flexibility index (Phi) is 5.73. The van der Waals surface area contributed by atoms with Crippen LogP contribution < -0.4 is 10.4 Å². The molecule has 1 amide bonds. The molecule has 0 unspecified atom stereocenters. The molecule has 0 aromatic heterocycles. The van der Waals surface area contributed by atoms with E-state index in [0.717, 1.165) is 0 Å². The Morgan fingerprint density at radius 2 is 1.67 bits per heavy atom. The van der Waals surface area contributed by atoms with E-state index >= 15 is 0 Å². The van der Waals surface area contributed by atoms with Crippen molar-refractivity contribution in [3.8, 4) is 0 Å². The van der Waals surface area contributed by atoms with Crippen LogP contribution in [0.25, 0.3) is 0 Å². The molecule has 6 heteroatoms. The van der Waals surface area contributed by atoms with Gasteiger partial charge in [0.1, 0.15) is 0 Å². The van der Waals surface area contributed by atoms with Gasteiger partial charge in [-0.15, -0.1) is 0 Å². The second kappa shape index (κ2) is 7.77. The maximum atomic E-state index is 12.5. The van der Waals surface area contributed by atoms with Gasteiger partial charge in [-0.25, -0.2) is 0 Å². The Labute approximate surface area is 140 Å². The minimum Gasteiger partial charge on any atom is -0.545 e. The molecule has 1 aliphatic rings. The number of ether oxygens (including phenoxy) is 1. The van der Waals surface area contributed by atoms with Gasteiger partial charge in [-0.3, -0.25) is 9.59 Å². The minimum atomic E-state index is -1.28. The van der Waals surface area contributed by atoms with E-state index in [1.165, 1.54) is 24.3 Å². The number of carbonyl (C=O) groups is 3. The average molecular weight is 330 g/mol. The summed E-state index contributed by atoms with van der Waals surface area (Å²) in [6.07, 6.45) is 4.45. The predicted octanol–water partition coefficient (Wildman–Crippen LogP) is 1.52. The molecule has 2 rings (SSSR count). The molecule has 0 spiro atoms. The van der Waals surface area contributed by atoms with E-state index in [2.05, 4.69) is 5.32 Å². The number of hydrogen-bond donors (Lipinski definition) is 1. The van der Waals surface area contributed by atoms with E-state index in [1.54, 1.807) is 13.8 Å². The molecule has 1 aromatic rings. The van der Waals surface area contributed by atoms with Gasteiger partial charge in [0, 0.05) is 5.69 Å². The third kappa shape index (κ3) is 4.44. The van der Waals surface area contributed by atoms with Crippen molar-refractivity contribution < 1.29 is 24.2 Å². The number of hydrogen-bond acceptors (Lipinski definition) is 5. The van der Waals surface area contributed by atoms with Crippen molar-refractivity contribution in [1.82, 2.24) is 0 Å². The Morgan fingerprint density at radius 1 is 1.08 bits per heavy atom. The predicted molar refractivity (Wildman–Crippen MR) is 86.0 cm³/mol. The normalized spacial score (nSPS) is 19.8. The van der Waals surface area contributed by atoms with Crippen molar-refractivity contribution in [3.63, 3.8) is 0 Å². The summed E-state index contributed by atoms with van der Waals surface area (Å²) in [7, 11) is 0. The van der Waals surface area contributed by atoms with E-state index < -0.39 is 17.8 Å². The lowest BCUT2D eigenvalue weighted by atomic mass is 9.82. The third-order valence-electron chi connectivity index (χ3n) is 3.81. The van der Waals surface area contributed by atoms with Crippen LogP contribution in [0.1, 0.15) is 37.0 Å². The van der Waals surface area contributed by atoms with E-state index in [9.17, 15) is 19.5 Å². The summed E-state index contributed by atoms with van der Waals surface area (Å²) in [5.74, 6) is -2.96. The Hall–Kier alpha value is -2.63. The lowest BCUT2D eigenvalue weighted by molar-refractivity contribution is -0.255. The first-order valence-corrected chi connectivity index (χ1v) is 7.86. The smallest absolute Gasteiger partial charge is 0.310 e. The highest BCUT2D eigenvalue weighted by molar-refractivity contribution is 5.96. The molecular formula is C18H20NO5-. The lowest BCUT2D eigenvalue weighted by Crippen LogP contribution is -2.36. The molecule has 2 atom stereocenters. The molecule has 6 nitrogen and oxygen atoms in total. The summed E-state index contributed by atoms with van der Waals surface area (Å²) >= 11 is 0. The largest absolute Gasteiger partial charge is 0.545 e. The summed E-state index contributed by atoms with van der Waals surface area (Å²) in [5.41, 5.74) is 0.502. The Balaban J connectivity index is 2.07. The van der Waals surface area contributed by atoms with E-state index in [1.807, 2.05) is 12.2 Å². The molecule has 24 heavy (non-hydrogen) atoms. The molecular weight excluding hydrogens is 310 g/mol. The summed E-state index contributed by atoms with van der Waals surface area (Å²) in [6, 6.07) is 5.69. The number of allylic oxidation sites excluding steroid dienone is 2. The number of benzene rings is 1. The fourth-order valence-electron chi connectivity index (χ4n) is 2.61. The monoisotopic (exact) mass is 330 g/mol. The quantitative estimate of drug-likeness (QED) is 0.652. The van der Waals surface area contributed by atoms with Gasteiger partial charge in [-0.05, 0) is 44.4 Å². The molecule has 0 saturated carbocycles. The number of carbonyl (C=O) groups excluding carboxylic acids is 3. The van der Waals surface area contributed by atoms with Crippen LogP contribution in [0.4, 0.5) is 5.69 Å². The van der Waals surface area contributed by atoms with Crippen LogP contribution in [0.3, 0.4) is 0 Å². The van der Waals surface area contributed by atoms with Crippen LogP contribution in [0, 0.1) is 11.8 Å². The van der Waals surface area contributed by atoms with Crippen LogP contribution >= 0.6 is 0 Å². The van der Waals surface area contributed by atoms with Crippen molar-refractivity contribution in [2.24, 2.45) is 11.8 Å². The number of amides is 1. The molecule has 0 aliphatic heterocycles. The number of carboxylic acids is 1. The topological polar surface area (TPSA) is 95.5 Å². The van der Waals surface area contributed by atoms with Gasteiger partial charge in [0.15, 0.2) is 0 Å². The number of anilines is 1. The lowest BCUT2D eigenvalue weighted by Gasteiger charge is -2.26. The molecule has 1 N–H and O–H groups in total. The van der Waals surface area contributed by atoms with Crippen LogP contribution in [0.5, 0.6) is 0 Å². The minimum absolute atomic E-state index is 0.0342. The highest BCUT2D eigenvalue weighted by atomic mass is 16.5. The van der Waals surface area contributed by atoms with Gasteiger partial charge in [0.25, 0.3) is 0 Å². The number of aromatic carboxylic acids is 1. The van der Waals surface area contributed by atoms with Crippen molar-refractivity contribution in [3.05, 3.63) is 42.0 Å². The first-order chi connectivity index (χ1) is 11.4. The highest BCUT2D eigenvalue weighted by Gasteiger charge is 2.35. The van der Waals surface area contributed by atoms with Crippen LogP contribution in [0.2, 0.25) is 0 Å². The summed E-state index contributed by atoms with van der Waals surface area (Å²) in [6.45, 7) is 3.54. The number of nitrogens with one attached hydrogen (secondary N) is 1. The van der Waals surface area contributed by atoms with Crippen molar-refractivity contribution in [2.45, 2.75) is 32.8 Å². The molecule has 0 saturated heterocycles. The zero-order chi connectivity index (χ0) is 17.7. The molecule has 0 fully saturated rings. The van der Waals surface area contributed by atoms with E-state index in [-0.39, 0.29) is 23.5 Å². The second-order valence-electron chi connectivity index (χ2n) is 6.00. The zero-order valence-corrected chi connectivity index (χ0v) is 13.7. The number of carboxylic acid groups (broad SMARTS) is 1. The number of esters is 1. The van der Waals surface area contributed by atoms with E-state index in [4.69, 9.17) is 4.74 Å². The maximum Gasteiger partial charge on any atom is 0.310 e. The highest BCUT2D eigenvalue weighted by Crippen LogP contribution is 2.28.